The first-order valence-electron chi connectivity index (χ1n) is 5.12. The molecule has 2 heterocycles. The molecule has 0 saturated carbocycles. The maximum absolute atomic E-state index is 12.7. The Kier molecular flexibility index (Phi) is 2.45. The Hall–Kier alpha value is -2.77. The van der Waals surface area contributed by atoms with E-state index in [4.69, 9.17) is 0 Å². The number of nitrogens with zero attached hydrogens (tertiary/aromatic N) is 4. The van der Waals surface area contributed by atoms with Gasteiger partial charge in [0.05, 0.1) is 0 Å². The third kappa shape index (κ3) is 2.03. The van der Waals surface area contributed by atoms with E-state index in [1.165, 1.54) is 18.5 Å². The van der Waals surface area contributed by atoms with Crippen LogP contribution in [0.2, 0.25) is 0 Å². The van der Waals surface area contributed by atoms with Crippen LogP contribution < -0.4 is 5.32 Å². The molecule has 3 rings (SSSR count). The van der Waals surface area contributed by atoms with Gasteiger partial charge in [0.1, 0.15) is 12.1 Å². The lowest BCUT2D eigenvalue weighted by Gasteiger charge is -1.99. The fraction of sp³-hybridized carbons (Fsp3) is 0. The van der Waals surface area contributed by atoms with Gasteiger partial charge in [-0.2, -0.15) is 10.1 Å². The van der Waals surface area contributed by atoms with Crippen LogP contribution in [0.1, 0.15) is 0 Å². The summed E-state index contributed by atoms with van der Waals surface area (Å²) in [7, 11) is 0. The molecule has 1 aromatic carbocycles. The van der Waals surface area contributed by atoms with Crippen molar-refractivity contribution < 1.29 is 4.39 Å². The molecule has 0 aliphatic heterocycles. The molecule has 0 fully saturated rings. The summed E-state index contributed by atoms with van der Waals surface area (Å²) in [6.45, 7) is 0. The summed E-state index contributed by atoms with van der Waals surface area (Å²) < 4.78 is 12.7. The lowest BCUT2D eigenvalue weighted by atomic mass is 10.3. The van der Waals surface area contributed by atoms with Crippen LogP contribution in [0.3, 0.4) is 0 Å². The maximum Gasteiger partial charge on any atom is 0.246 e. The Labute approximate surface area is 100 Å². The first kappa shape index (κ1) is 10.4. The molecule has 90 valence electrons. The monoisotopic (exact) mass is 245 g/mol. The minimum absolute atomic E-state index is 0.294. The van der Waals surface area contributed by atoms with Crippen molar-refractivity contribution in [1.29, 1.82) is 0 Å². The highest BCUT2D eigenvalue weighted by Crippen LogP contribution is 2.15. The van der Waals surface area contributed by atoms with Crippen LogP contribution in [0.5, 0.6) is 0 Å². The molecule has 7 nitrogen and oxygen atoms in total. The van der Waals surface area contributed by atoms with Crippen molar-refractivity contribution >= 4 is 11.6 Å². The number of aromatic nitrogens is 6. The van der Waals surface area contributed by atoms with Crippen LogP contribution in [-0.2, 0) is 0 Å². The van der Waals surface area contributed by atoms with Crippen molar-refractivity contribution in [2.75, 3.05) is 5.32 Å². The fourth-order valence-corrected chi connectivity index (χ4v) is 1.41. The molecule has 18 heavy (non-hydrogen) atoms. The third-order valence-electron chi connectivity index (χ3n) is 2.23. The lowest BCUT2D eigenvalue weighted by Crippen LogP contribution is -1.92. The Balaban J connectivity index is 1.80. The average molecular weight is 245 g/mol. The van der Waals surface area contributed by atoms with Crippen molar-refractivity contribution in [3.63, 3.8) is 0 Å². The van der Waals surface area contributed by atoms with Gasteiger partial charge < -0.3 is 5.32 Å². The van der Waals surface area contributed by atoms with E-state index < -0.39 is 0 Å². The molecule has 0 aliphatic carbocycles. The number of rotatable bonds is 3. The summed E-state index contributed by atoms with van der Waals surface area (Å²) in [6.07, 6.45) is 1.38. The Morgan fingerprint density at radius 2 is 1.89 bits per heavy atom. The molecule has 2 aromatic heterocycles. The van der Waals surface area contributed by atoms with Gasteiger partial charge in [-0.05, 0) is 24.3 Å². The quantitative estimate of drug-likeness (QED) is 0.649. The molecule has 0 bridgehead atoms. The van der Waals surface area contributed by atoms with Crippen LogP contribution >= 0.6 is 0 Å². The Morgan fingerprint density at radius 3 is 2.61 bits per heavy atom. The van der Waals surface area contributed by atoms with Crippen LogP contribution in [0.15, 0.2) is 30.6 Å². The van der Waals surface area contributed by atoms with E-state index in [9.17, 15) is 4.39 Å². The van der Waals surface area contributed by atoms with Crippen molar-refractivity contribution in [3.05, 3.63) is 36.4 Å². The van der Waals surface area contributed by atoms with Gasteiger partial charge in [0.2, 0.25) is 5.95 Å². The lowest BCUT2D eigenvalue weighted by molar-refractivity contribution is 0.628. The van der Waals surface area contributed by atoms with Crippen molar-refractivity contribution in [2.45, 2.75) is 0 Å². The van der Waals surface area contributed by atoms with Gasteiger partial charge in [-0.3, -0.25) is 10.2 Å². The highest BCUT2D eigenvalue weighted by molar-refractivity contribution is 5.54. The van der Waals surface area contributed by atoms with Crippen LogP contribution in [0.4, 0.5) is 16.0 Å². The predicted octanol–water partition coefficient (Wildman–Crippen LogP) is 1.47. The number of nitrogens with one attached hydrogen (secondary N) is 3. The molecular weight excluding hydrogens is 237 g/mol. The number of hydrogen-bond acceptors (Lipinski definition) is 5. The van der Waals surface area contributed by atoms with E-state index in [1.54, 1.807) is 12.1 Å². The van der Waals surface area contributed by atoms with Crippen LogP contribution in [0, 0.1) is 5.82 Å². The molecular formula is C10H8FN7. The minimum atomic E-state index is -0.294. The second-order valence-corrected chi connectivity index (χ2v) is 3.47. The average Bonchev–Trinajstić information content (AvgIpc) is 3.02. The second-order valence-electron chi connectivity index (χ2n) is 3.47. The molecule has 0 amide bonds. The topological polar surface area (TPSA) is 95.2 Å². The molecule has 3 N–H and O–H groups in total. The molecule has 0 atom stereocenters. The van der Waals surface area contributed by atoms with Gasteiger partial charge in [-0.1, -0.05) is 0 Å². The number of hydrogen-bond donors (Lipinski definition) is 3. The number of halogens is 1. The SMILES string of the molecule is Fc1ccc(Nc2n[nH]c(-c3ncn[nH]3)n2)cc1. The van der Waals surface area contributed by atoms with Crippen molar-refractivity contribution in [3.8, 4) is 11.6 Å². The van der Waals surface area contributed by atoms with E-state index in [1.807, 2.05) is 0 Å². The van der Waals surface area contributed by atoms with Gasteiger partial charge in [0.15, 0.2) is 11.6 Å². The molecule has 3 aromatic rings. The normalized spacial score (nSPS) is 10.5. The van der Waals surface area contributed by atoms with Gasteiger partial charge >= 0.3 is 0 Å². The van der Waals surface area contributed by atoms with E-state index in [0.717, 1.165) is 0 Å². The summed E-state index contributed by atoms with van der Waals surface area (Å²) in [5, 5.41) is 16.0. The standard InChI is InChI=1S/C10H8FN7/c11-6-1-3-7(4-2-6)14-10-15-9(17-18-10)8-12-5-13-16-8/h1-5H,(H,12,13,16)(H2,14,15,17,18). The Morgan fingerprint density at radius 1 is 1.06 bits per heavy atom. The van der Waals surface area contributed by atoms with Gasteiger partial charge in [-0.25, -0.2) is 9.37 Å². The first-order chi connectivity index (χ1) is 8.81. The van der Waals surface area contributed by atoms with Gasteiger partial charge in [0.25, 0.3) is 0 Å². The largest absolute Gasteiger partial charge is 0.323 e. The number of anilines is 2. The van der Waals surface area contributed by atoms with Crippen LogP contribution in [-0.4, -0.2) is 30.4 Å². The summed E-state index contributed by atoms with van der Waals surface area (Å²) in [5.41, 5.74) is 0.694. The van der Waals surface area contributed by atoms with E-state index in [0.29, 0.717) is 23.3 Å². The van der Waals surface area contributed by atoms with E-state index in [2.05, 4.69) is 35.7 Å². The zero-order chi connectivity index (χ0) is 12.4. The Bertz CT molecular complexity index is 629. The molecule has 0 unspecified atom stereocenters. The highest BCUT2D eigenvalue weighted by atomic mass is 19.1. The number of benzene rings is 1. The molecule has 0 saturated heterocycles. The van der Waals surface area contributed by atoms with Crippen molar-refractivity contribution in [1.82, 2.24) is 30.4 Å². The summed E-state index contributed by atoms with van der Waals surface area (Å²) >= 11 is 0. The summed E-state index contributed by atoms with van der Waals surface area (Å²) in [4.78, 5) is 8.11. The third-order valence-corrected chi connectivity index (χ3v) is 2.23. The van der Waals surface area contributed by atoms with Crippen LogP contribution in [0.25, 0.3) is 11.6 Å². The number of H-pyrrole nitrogens is 2. The second kappa shape index (κ2) is 4.24. The predicted molar refractivity (Wildman–Crippen MR) is 61.4 cm³/mol. The molecule has 0 spiro atoms. The van der Waals surface area contributed by atoms with E-state index >= 15 is 0 Å². The van der Waals surface area contributed by atoms with Gasteiger partial charge in [-0.15, -0.1) is 5.10 Å². The minimum Gasteiger partial charge on any atom is -0.323 e. The van der Waals surface area contributed by atoms with E-state index in [-0.39, 0.29) is 5.82 Å². The fourth-order valence-electron chi connectivity index (χ4n) is 1.41. The van der Waals surface area contributed by atoms with Gasteiger partial charge in [0, 0.05) is 5.69 Å². The zero-order valence-electron chi connectivity index (χ0n) is 9.05. The first-order valence-corrected chi connectivity index (χ1v) is 5.12. The molecule has 0 aliphatic rings. The van der Waals surface area contributed by atoms with Crippen molar-refractivity contribution in [2.24, 2.45) is 0 Å². The molecule has 0 radical (unpaired) electrons. The smallest absolute Gasteiger partial charge is 0.246 e. The highest BCUT2D eigenvalue weighted by Gasteiger charge is 2.07. The maximum atomic E-state index is 12.7. The molecule has 8 heteroatoms. The summed E-state index contributed by atoms with van der Waals surface area (Å²) in [6, 6.07) is 5.90. The summed E-state index contributed by atoms with van der Waals surface area (Å²) in [5.74, 6) is 1.04. The zero-order valence-corrected chi connectivity index (χ0v) is 9.05. The number of aromatic amines is 2.